The summed E-state index contributed by atoms with van der Waals surface area (Å²) in [6.45, 7) is 5.43. The van der Waals surface area contributed by atoms with Crippen molar-refractivity contribution in [1.82, 2.24) is 20.1 Å². The Balaban J connectivity index is 2.04. The first-order chi connectivity index (χ1) is 6.77. The molecule has 1 N–H and O–H groups in total. The number of rotatable bonds is 3. The van der Waals surface area contributed by atoms with Crippen molar-refractivity contribution in [2.75, 3.05) is 6.54 Å². The van der Waals surface area contributed by atoms with E-state index in [1.807, 2.05) is 4.68 Å². The molecule has 1 aromatic rings. The fraction of sp³-hybridized carbons (Fsp3) is 0.800. The summed E-state index contributed by atoms with van der Waals surface area (Å²) in [5, 5.41) is 7.72. The molecule has 1 unspecified atom stereocenters. The summed E-state index contributed by atoms with van der Waals surface area (Å²) in [6, 6.07) is 1.02. The summed E-state index contributed by atoms with van der Waals surface area (Å²) in [6.07, 6.45) is 5.23. The van der Waals surface area contributed by atoms with E-state index in [4.69, 9.17) is 0 Å². The van der Waals surface area contributed by atoms with Crippen molar-refractivity contribution in [2.45, 2.75) is 45.2 Å². The highest BCUT2D eigenvalue weighted by molar-refractivity contribution is 4.92. The highest BCUT2D eigenvalue weighted by atomic mass is 15.3. The van der Waals surface area contributed by atoms with Crippen LogP contribution in [0.15, 0.2) is 6.33 Å². The average Bonchev–Trinajstić information content (AvgIpc) is 2.75. The maximum atomic E-state index is 4.31. The Morgan fingerprint density at radius 1 is 1.64 bits per heavy atom. The van der Waals surface area contributed by atoms with Gasteiger partial charge in [-0.1, -0.05) is 0 Å². The second-order valence-corrected chi connectivity index (χ2v) is 4.21. The summed E-state index contributed by atoms with van der Waals surface area (Å²) >= 11 is 0. The lowest BCUT2D eigenvalue weighted by Gasteiger charge is -2.12. The summed E-state index contributed by atoms with van der Waals surface area (Å²) in [7, 11) is 0. The second-order valence-electron chi connectivity index (χ2n) is 4.21. The van der Waals surface area contributed by atoms with Crippen molar-refractivity contribution in [3.05, 3.63) is 12.2 Å². The molecule has 0 saturated carbocycles. The summed E-state index contributed by atoms with van der Waals surface area (Å²) in [5.74, 6) is 1.11. The van der Waals surface area contributed by atoms with Crippen LogP contribution in [-0.2, 0) is 6.42 Å². The molecule has 1 aliphatic rings. The highest BCUT2D eigenvalue weighted by Crippen LogP contribution is 2.12. The first kappa shape index (κ1) is 9.65. The minimum atomic E-state index is 0.411. The standard InChI is InChI=1S/C10H18N4/c1-8(2)14-10(12-7-13-14)6-9-4-3-5-11-9/h7-9,11H,3-6H2,1-2H3. The van der Waals surface area contributed by atoms with Gasteiger partial charge in [0.1, 0.15) is 12.2 Å². The van der Waals surface area contributed by atoms with Crippen LogP contribution in [-0.4, -0.2) is 27.4 Å². The molecule has 1 aliphatic heterocycles. The first-order valence-electron chi connectivity index (χ1n) is 5.39. The van der Waals surface area contributed by atoms with E-state index >= 15 is 0 Å². The van der Waals surface area contributed by atoms with Crippen LogP contribution in [0.4, 0.5) is 0 Å². The lowest BCUT2D eigenvalue weighted by Crippen LogP contribution is -2.25. The lowest BCUT2D eigenvalue weighted by molar-refractivity contribution is 0.480. The zero-order valence-electron chi connectivity index (χ0n) is 8.90. The lowest BCUT2D eigenvalue weighted by atomic mass is 10.1. The molecule has 1 fully saturated rings. The van der Waals surface area contributed by atoms with Gasteiger partial charge in [-0.05, 0) is 33.2 Å². The molecule has 78 valence electrons. The second kappa shape index (κ2) is 4.09. The Morgan fingerprint density at radius 2 is 2.50 bits per heavy atom. The zero-order chi connectivity index (χ0) is 9.97. The van der Waals surface area contributed by atoms with Gasteiger partial charge < -0.3 is 5.32 Å². The SMILES string of the molecule is CC(C)n1ncnc1CC1CCCN1. The summed E-state index contributed by atoms with van der Waals surface area (Å²) in [5.41, 5.74) is 0. The molecule has 0 aliphatic carbocycles. The molecule has 0 radical (unpaired) electrons. The quantitative estimate of drug-likeness (QED) is 0.785. The van der Waals surface area contributed by atoms with Crippen molar-refractivity contribution in [2.24, 2.45) is 0 Å². The van der Waals surface area contributed by atoms with E-state index in [0.717, 1.165) is 18.8 Å². The van der Waals surface area contributed by atoms with E-state index in [0.29, 0.717) is 12.1 Å². The summed E-state index contributed by atoms with van der Waals surface area (Å²) in [4.78, 5) is 4.31. The number of hydrogen-bond donors (Lipinski definition) is 1. The van der Waals surface area contributed by atoms with Crippen LogP contribution in [0.25, 0.3) is 0 Å². The van der Waals surface area contributed by atoms with E-state index in [-0.39, 0.29) is 0 Å². The predicted molar refractivity (Wildman–Crippen MR) is 55.1 cm³/mol. The Morgan fingerprint density at radius 3 is 3.14 bits per heavy atom. The maximum Gasteiger partial charge on any atom is 0.138 e. The Kier molecular flexibility index (Phi) is 2.82. The van der Waals surface area contributed by atoms with Gasteiger partial charge in [0.2, 0.25) is 0 Å². The van der Waals surface area contributed by atoms with Crippen LogP contribution in [0.1, 0.15) is 38.6 Å². The number of nitrogens with zero attached hydrogens (tertiary/aromatic N) is 3. The number of aromatic nitrogens is 3. The Bertz CT molecular complexity index is 286. The van der Waals surface area contributed by atoms with Crippen LogP contribution >= 0.6 is 0 Å². The van der Waals surface area contributed by atoms with Gasteiger partial charge in [0.05, 0.1) is 0 Å². The van der Waals surface area contributed by atoms with Crippen LogP contribution in [0.2, 0.25) is 0 Å². The van der Waals surface area contributed by atoms with Gasteiger partial charge in [-0.25, -0.2) is 9.67 Å². The monoisotopic (exact) mass is 194 g/mol. The molecule has 4 nitrogen and oxygen atoms in total. The van der Waals surface area contributed by atoms with Crippen molar-refractivity contribution in [3.8, 4) is 0 Å². The predicted octanol–water partition coefficient (Wildman–Crippen LogP) is 1.15. The van der Waals surface area contributed by atoms with Crippen LogP contribution in [0.5, 0.6) is 0 Å². The normalized spacial score (nSPS) is 22.1. The molecule has 0 aromatic carbocycles. The topological polar surface area (TPSA) is 42.7 Å². The first-order valence-corrected chi connectivity index (χ1v) is 5.39. The van der Waals surface area contributed by atoms with Gasteiger partial charge in [-0.3, -0.25) is 0 Å². The molecule has 4 heteroatoms. The van der Waals surface area contributed by atoms with Gasteiger partial charge in [0.15, 0.2) is 0 Å². The molecule has 1 atom stereocenters. The molecule has 2 rings (SSSR count). The van der Waals surface area contributed by atoms with Crippen LogP contribution < -0.4 is 5.32 Å². The van der Waals surface area contributed by atoms with Crippen molar-refractivity contribution < 1.29 is 0 Å². The fourth-order valence-corrected chi connectivity index (χ4v) is 2.00. The third-order valence-electron chi connectivity index (χ3n) is 2.73. The van der Waals surface area contributed by atoms with E-state index in [1.54, 1.807) is 6.33 Å². The largest absolute Gasteiger partial charge is 0.314 e. The zero-order valence-corrected chi connectivity index (χ0v) is 8.90. The minimum absolute atomic E-state index is 0.411. The molecular formula is C10H18N4. The van der Waals surface area contributed by atoms with E-state index in [9.17, 15) is 0 Å². The van der Waals surface area contributed by atoms with Crippen LogP contribution in [0.3, 0.4) is 0 Å². The Hall–Kier alpha value is -0.900. The third-order valence-corrected chi connectivity index (χ3v) is 2.73. The minimum Gasteiger partial charge on any atom is -0.314 e. The Labute approximate surface area is 84.7 Å². The van der Waals surface area contributed by atoms with Crippen molar-refractivity contribution in [3.63, 3.8) is 0 Å². The third kappa shape index (κ3) is 1.95. The van der Waals surface area contributed by atoms with Gasteiger partial charge >= 0.3 is 0 Å². The maximum absolute atomic E-state index is 4.31. The molecular weight excluding hydrogens is 176 g/mol. The fourth-order valence-electron chi connectivity index (χ4n) is 2.00. The average molecular weight is 194 g/mol. The van der Waals surface area contributed by atoms with Gasteiger partial charge in [0, 0.05) is 18.5 Å². The van der Waals surface area contributed by atoms with E-state index < -0.39 is 0 Å². The van der Waals surface area contributed by atoms with Gasteiger partial charge in [-0.2, -0.15) is 5.10 Å². The van der Waals surface area contributed by atoms with Gasteiger partial charge in [0.25, 0.3) is 0 Å². The molecule has 0 amide bonds. The molecule has 0 spiro atoms. The van der Waals surface area contributed by atoms with Crippen molar-refractivity contribution in [1.29, 1.82) is 0 Å². The summed E-state index contributed by atoms with van der Waals surface area (Å²) < 4.78 is 2.01. The molecule has 2 heterocycles. The molecule has 14 heavy (non-hydrogen) atoms. The van der Waals surface area contributed by atoms with Crippen LogP contribution in [0, 0.1) is 0 Å². The smallest absolute Gasteiger partial charge is 0.138 e. The molecule has 1 saturated heterocycles. The highest BCUT2D eigenvalue weighted by Gasteiger charge is 2.17. The number of nitrogens with one attached hydrogen (secondary N) is 1. The van der Waals surface area contributed by atoms with E-state index in [2.05, 4.69) is 29.2 Å². The molecule has 0 bridgehead atoms. The van der Waals surface area contributed by atoms with Gasteiger partial charge in [-0.15, -0.1) is 0 Å². The van der Waals surface area contributed by atoms with E-state index in [1.165, 1.54) is 12.8 Å². The number of hydrogen-bond acceptors (Lipinski definition) is 3. The molecule has 1 aromatic heterocycles. The van der Waals surface area contributed by atoms with Crippen molar-refractivity contribution >= 4 is 0 Å².